The lowest BCUT2D eigenvalue weighted by Gasteiger charge is -2.07. The number of amides is 1. The van der Waals surface area contributed by atoms with Crippen molar-refractivity contribution in [3.05, 3.63) is 46.1 Å². The molecule has 0 aliphatic carbocycles. The molecule has 0 aliphatic rings. The van der Waals surface area contributed by atoms with Crippen LogP contribution in [0.4, 0.5) is 11.5 Å². The van der Waals surface area contributed by atoms with Crippen LogP contribution in [0, 0.1) is 6.92 Å². The summed E-state index contributed by atoms with van der Waals surface area (Å²) < 4.78 is 1.01. The molecule has 0 atom stereocenters. The van der Waals surface area contributed by atoms with Crippen LogP contribution < -0.4 is 10.6 Å². The Balaban J connectivity index is 1.98. The van der Waals surface area contributed by atoms with Crippen LogP contribution in [0.15, 0.2) is 34.8 Å². The fourth-order valence-electron chi connectivity index (χ4n) is 1.86. The van der Waals surface area contributed by atoms with Crippen LogP contribution in [-0.2, 0) is 0 Å². The Labute approximate surface area is 138 Å². The van der Waals surface area contributed by atoms with Gasteiger partial charge < -0.3 is 10.6 Å². The lowest BCUT2D eigenvalue weighted by atomic mass is 10.2. The van der Waals surface area contributed by atoms with Gasteiger partial charge in [-0.15, -0.1) is 10.2 Å². The van der Waals surface area contributed by atoms with Crippen molar-refractivity contribution in [1.82, 2.24) is 10.2 Å². The smallest absolute Gasteiger partial charge is 0.276 e. The first-order valence-corrected chi connectivity index (χ1v) is 8.04. The molecule has 1 amide bonds. The molecule has 2 rings (SSSR count). The zero-order valence-electron chi connectivity index (χ0n) is 12.7. The topological polar surface area (TPSA) is 66.9 Å². The summed E-state index contributed by atoms with van der Waals surface area (Å²) in [7, 11) is 0. The van der Waals surface area contributed by atoms with Crippen molar-refractivity contribution < 1.29 is 4.79 Å². The number of nitrogens with zero attached hydrogens (tertiary/aromatic N) is 2. The highest BCUT2D eigenvalue weighted by molar-refractivity contribution is 9.10. The molecule has 0 fully saturated rings. The summed E-state index contributed by atoms with van der Waals surface area (Å²) in [6.07, 6.45) is 2.19. The summed E-state index contributed by atoms with van der Waals surface area (Å²) in [5, 5.41) is 14.0. The van der Waals surface area contributed by atoms with E-state index in [1.807, 2.05) is 25.1 Å². The van der Waals surface area contributed by atoms with Gasteiger partial charge in [0, 0.05) is 16.7 Å². The molecule has 2 aromatic rings. The average Bonchev–Trinajstić information content (AvgIpc) is 2.52. The largest absolute Gasteiger partial charge is 0.369 e. The molecule has 5 nitrogen and oxygen atoms in total. The Morgan fingerprint density at radius 1 is 1.23 bits per heavy atom. The Morgan fingerprint density at radius 3 is 2.68 bits per heavy atom. The van der Waals surface area contributed by atoms with Gasteiger partial charge in [0.2, 0.25) is 0 Å². The zero-order chi connectivity index (χ0) is 15.9. The summed E-state index contributed by atoms with van der Waals surface area (Å²) in [5.41, 5.74) is 2.08. The van der Waals surface area contributed by atoms with E-state index in [1.165, 1.54) is 0 Å². The van der Waals surface area contributed by atoms with E-state index in [2.05, 4.69) is 43.7 Å². The fraction of sp³-hybridized carbons (Fsp3) is 0.312. The molecule has 0 bridgehead atoms. The quantitative estimate of drug-likeness (QED) is 0.761. The van der Waals surface area contributed by atoms with Gasteiger partial charge in [0.05, 0.1) is 0 Å². The summed E-state index contributed by atoms with van der Waals surface area (Å²) in [6.45, 7) is 4.95. The zero-order valence-corrected chi connectivity index (χ0v) is 14.3. The van der Waals surface area contributed by atoms with Crippen LogP contribution in [0.1, 0.15) is 35.8 Å². The van der Waals surface area contributed by atoms with Crippen LogP contribution in [-0.4, -0.2) is 22.6 Å². The fourth-order valence-corrected chi connectivity index (χ4v) is 2.11. The van der Waals surface area contributed by atoms with Gasteiger partial charge >= 0.3 is 0 Å². The van der Waals surface area contributed by atoms with Gasteiger partial charge in [-0.05, 0) is 49.2 Å². The van der Waals surface area contributed by atoms with Crippen molar-refractivity contribution in [2.45, 2.75) is 26.7 Å². The molecule has 1 heterocycles. The summed E-state index contributed by atoms with van der Waals surface area (Å²) in [6, 6.07) is 9.07. The molecule has 6 heteroatoms. The van der Waals surface area contributed by atoms with Gasteiger partial charge in [-0.3, -0.25) is 4.79 Å². The minimum absolute atomic E-state index is 0.269. The van der Waals surface area contributed by atoms with E-state index in [0.29, 0.717) is 11.5 Å². The highest BCUT2D eigenvalue weighted by atomic mass is 79.9. The van der Waals surface area contributed by atoms with Crippen molar-refractivity contribution in [2.75, 3.05) is 17.2 Å². The maximum Gasteiger partial charge on any atom is 0.276 e. The van der Waals surface area contributed by atoms with Crippen LogP contribution in [0.2, 0.25) is 0 Å². The maximum atomic E-state index is 12.1. The predicted octanol–water partition coefficient (Wildman–Crippen LogP) is 4.01. The van der Waals surface area contributed by atoms with Crippen LogP contribution in [0.3, 0.4) is 0 Å². The number of unbranched alkanes of at least 4 members (excludes halogenated alkanes) is 1. The molecule has 0 saturated carbocycles. The Morgan fingerprint density at radius 2 is 2.05 bits per heavy atom. The van der Waals surface area contributed by atoms with Crippen molar-refractivity contribution in [3.8, 4) is 0 Å². The number of rotatable bonds is 6. The van der Waals surface area contributed by atoms with Gasteiger partial charge in [-0.2, -0.15) is 0 Å². The average molecular weight is 363 g/mol. The SMILES string of the molecule is CCCCNc1ccc(C(=O)Nc2ccc(Br)c(C)c2)nn1. The third kappa shape index (κ3) is 4.53. The first kappa shape index (κ1) is 16.4. The molecular formula is C16H19BrN4O. The number of carbonyl (C=O) groups excluding carboxylic acids is 1. The minimum atomic E-state index is -0.269. The molecular weight excluding hydrogens is 344 g/mol. The molecule has 1 aromatic carbocycles. The second-order valence-corrected chi connectivity index (χ2v) is 5.86. The van der Waals surface area contributed by atoms with E-state index in [4.69, 9.17) is 0 Å². The van der Waals surface area contributed by atoms with Crippen LogP contribution >= 0.6 is 15.9 Å². The van der Waals surface area contributed by atoms with Gasteiger partial charge in [-0.1, -0.05) is 29.3 Å². The second-order valence-electron chi connectivity index (χ2n) is 5.00. The molecule has 22 heavy (non-hydrogen) atoms. The lowest BCUT2D eigenvalue weighted by molar-refractivity contribution is 0.102. The van der Waals surface area contributed by atoms with E-state index in [1.54, 1.807) is 12.1 Å². The van der Waals surface area contributed by atoms with Crippen LogP contribution in [0.5, 0.6) is 0 Å². The number of benzene rings is 1. The minimum Gasteiger partial charge on any atom is -0.369 e. The van der Waals surface area contributed by atoms with Crippen molar-refractivity contribution in [2.24, 2.45) is 0 Å². The number of nitrogens with one attached hydrogen (secondary N) is 2. The van der Waals surface area contributed by atoms with Crippen molar-refractivity contribution in [1.29, 1.82) is 0 Å². The molecule has 0 radical (unpaired) electrons. The summed E-state index contributed by atoms with van der Waals surface area (Å²) in [4.78, 5) is 12.1. The van der Waals surface area contributed by atoms with Crippen molar-refractivity contribution >= 4 is 33.3 Å². The van der Waals surface area contributed by atoms with Crippen LogP contribution in [0.25, 0.3) is 0 Å². The van der Waals surface area contributed by atoms with E-state index < -0.39 is 0 Å². The van der Waals surface area contributed by atoms with Gasteiger partial charge in [0.1, 0.15) is 5.82 Å². The number of aryl methyl sites for hydroxylation is 1. The Hall–Kier alpha value is -1.95. The lowest BCUT2D eigenvalue weighted by Crippen LogP contribution is -2.15. The third-order valence-corrected chi connectivity index (χ3v) is 4.04. The molecule has 1 aromatic heterocycles. The molecule has 0 unspecified atom stereocenters. The predicted molar refractivity (Wildman–Crippen MR) is 92.3 cm³/mol. The number of carbonyl (C=O) groups is 1. The van der Waals surface area contributed by atoms with Crippen molar-refractivity contribution in [3.63, 3.8) is 0 Å². The highest BCUT2D eigenvalue weighted by Crippen LogP contribution is 2.20. The maximum absolute atomic E-state index is 12.1. The first-order valence-electron chi connectivity index (χ1n) is 7.25. The van der Waals surface area contributed by atoms with E-state index in [-0.39, 0.29) is 5.91 Å². The van der Waals surface area contributed by atoms with E-state index in [9.17, 15) is 4.79 Å². The number of anilines is 2. The number of halogens is 1. The summed E-state index contributed by atoms with van der Waals surface area (Å²) in [5.74, 6) is 0.416. The number of hydrogen-bond acceptors (Lipinski definition) is 4. The summed E-state index contributed by atoms with van der Waals surface area (Å²) >= 11 is 3.43. The monoisotopic (exact) mass is 362 g/mol. The first-order chi connectivity index (χ1) is 10.6. The van der Waals surface area contributed by atoms with Gasteiger partial charge in [0.15, 0.2) is 5.69 Å². The molecule has 116 valence electrons. The normalized spacial score (nSPS) is 10.3. The molecule has 2 N–H and O–H groups in total. The van der Waals surface area contributed by atoms with E-state index in [0.717, 1.165) is 35.1 Å². The van der Waals surface area contributed by atoms with Gasteiger partial charge in [0.25, 0.3) is 5.91 Å². The number of aromatic nitrogens is 2. The molecule has 0 aliphatic heterocycles. The van der Waals surface area contributed by atoms with Gasteiger partial charge in [-0.25, -0.2) is 0 Å². The second kappa shape index (κ2) is 7.89. The number of hydrogen-bond donors (Lipinski definition) is 2. The Kier molecular flexibility index (Phi) is 5.89. The van der Waals surface area contributed by atoms with E-state index >= 15 is 0 Å². The molecule has 0 spiro atoms. The molecule has 0 saturated heterocycles. The highest BCUT2D eigenvalue weighted by Gasteiger charge is 2.09. The third-order valence-electron chi connectivity index (χ3n) is 3.15. The standard InChI is InChI=1S/C16H19BrN4O/c1-3-4-9-18-15-8-7-14(20-21-15)16(22)19-12-5-6-13(17)11(2)10-12/h5-8,10H,3-4,9H2,1-2H3,(H,18,21)(H,19,22). The Bertz CT molecular complexity index is 643.